The zero-order valence-electron chi connectivity index (χ0n) is 12.5. The Morgan fingerprint density at radius 1 is 1.38 bits per heavy atom. The van der Waals surface area contributed by atoms with Crippen molar-refractivity contribution in [3.63, 3.8) is 0 Å². The molecule has 1 fully saturated rings. The summed E-state index contributed by atoms with van der Waals surface area (Å²) in [6.07, 6.45) is 2.20. The largest absolute Gasteiger partial charge is 0.480 e. The molecular weight excluding hydrogens is 298 g/mol. The fourth-order valence-corrected chi connectivity index (χ4v) is 2.21. The van der Waals surface area contributed by atoms with Gasteiger partial charge in [0.05, 0.1) is 13.1 Å². The number of rotatable bonds is 7. The van der Waals surface area contributed by atoms with E-state index >= 15 is 0 Å². The first-order valence-corrected chi connectivity index (χ1v) is 6.93. The number of halogens is 1. The Kier molecular flexibility index (Phi) is 8.96. The van der Waals surface area contributed by atoms with Crippen molar-refractivity contribution < 1.29 is 19.5 Å². The average molecular weight is 322 g/mol. The summed E-state index contributed by atoms with van der Waals surface area (Å²) in [7, 11) is 1.56. The molecular formula is C13H24ClN3O4. The van der Waals surface area contributed by atoms with Gasteiger partial charge in [0.15, 0.2) is 0 Å². The highest BCUT2D eigenvalue weighted by atomic mass is 35.5. The van der Waals surface area contributed by atoms with Crippen LogP contribution in [-0.4, -0.2) is 72.0 Å². The highest BCUT2D eigenvalue weighted by Crippen LogP contribution is 2.16. The zero-order chi connectivity index (χ0) is 15.1. The topological polar surface area (TPSA) is 90.0 Å². The van der Waals surface area contributed by atoms with Gasteiger partial charge < -0.3 is 15.3 Å². The van der Waals surface area contributed by atoms with Crippen molar-refractivity contribution in [3.8, 4) is 0 Å². The van der Waals surface area contributed by atoms with Crippen molar-refractivity contribution in [3.05, 3.63) is 0 Å². The van der Waals surface area contributed by atoms with Crippen LogP contribution in [0, 0.1) is 0 Å². The normalized spacial score (nSPS) is 17.9. The number of hydrogen-bond donors (Lipinski definition) is 2. The number of amides is 2. The molecule has 0 radical (unpaired) electrons. The zero-order valence-corrected chi connectivity index (χ0v) is 13.3. The first kappa shape index (κ1) is 19.7. The van der Waals surface area contributed by atoms with Gasteiger partial charge in [0, 0.05) is 13.6 Å². The molecule has 0 saturated carbocycles. The van der Waals surface area contributed by atoms with Crippen molar-refractivity contribution >= 4 is 30.2 Å². The van der Waals surface area contributed by atoms with Gasteiger partial charge in [-0.2, -0.15) is 0 Å². The second kappa shape index (κ2) is 9.57. The summed E-state index contributed by atoms with van der Waals surface area (Å²) >= 11 is 0. The Hall–Kier alpha value is -1.34. The average Bonchev–Trinajstić information content (AvgIpc) is 2.84. The molecule has 1 unspecified atom stereocenters. The number of carbonyl (C=O) groups is 3. The minimum absolute atomic E-state index is 0. The van der Waals surface area contributed by atoms with Gasteiger partial charge in [0.2, 0.25) is 11.8 Å². The molecule has 122 valence electrons. The molecule has 0 aliphatic carbocycles. The van der Waals surface area contributed by atoms with Gasteiger partial charge >= 0.3 is 5.97 Å². The lowest BCUT2D eigenvalue weighted by atomic mass is 10.2. The minimum Gasteiger partial charge on any atom is -0.480 e. The maximum atomic E-state index is 12.0. The summed E-state index contributed by atoms with van der Waals surface area (Å²) in [6.45, 7) is 3.21. The Balaban J connectivity index is 0.00000400. The molecule has 0 aromatic carbocycles. The van der Waals surface area contributed by atoms with Gasteiger partial charge in [0.1, 0.15) is 6.04 Å². The molecule has 0 bridgehead atoms. The SMILES string of the molecule is CCCNC(=O)CN(C)C(=O)CN1CCCC1C(=O)O.Cl. The number of likely N-dealkylation sites (tertiary alicyclic amines) is 1. The van der Waals surface area contributed by atoms with E-state index in [0.717, 1.165) is 12.8 Å². The van der Waals surface area contributed by atoms with Crippen LogP contribution >= 0.6 is 12.4 Å². The van der Waals surface area contributed by atoms with Gasteiger partial charge in [-0.05, 0) is 25.8 Å². The van der Waals surface area contributed by atoms with E-state index in [1.165, 1.54) is 4.90 Å². The van der Waals surface area contributed by atoms with Crippen LogP contribution in [0.15, 0.2) is 0 Å². The van der Waals surface area contributed by atoms with Crippen molar-refractivity contribution in [1.82, 2.24) is 15.1 Å². The molecule has 2 amide bonds. The fourth-order valence-electron chi connectivity index (χ4n) is 2.21. The maximum Gasteiger partial charge on any atom is 0.320 e. The predicted molar refractivity (Wildman–Crippen MR) is 80.4 cm³/mol. The second-order valence-corrected chi connectivity index (χ2v) is 5.07. The molecule has 1 saturated heterocycles. The van der Waals surface area contributed by atoms with Crippen LogP contribution < -0.4 is 5.32 Å². The molecule has 1 atom stereocenters. The second-order valence-electron chi connectivity index (χ2n) is 5.07. The smallest absolute Gasteiger partial charge is 0.320 e. The molecule has 1 aliphatic rings. The lowest BCUT2D eigenvalue weighted by Crippen LogP contribution is -2.46. The van der Waals surface area contributed by atoms with E-state index in [1.54, 1.807) is 11.9 Å². The number of nitrogens with one attached hydrogen (secondary N) is 1. The summed E-state index contributed by atoms with van der Waals surface area (Å²) in [5.74, 6) is -1.32. The maximum absolute atomic E-state index is 12.0. The number of carboxylic acids is 1. The van der Waals surface area contributed by atoms with Crippen molar-refractivity contribution in [1.29, 1.82) is 0 Å². The fraction of sp³-hybridized carbons (Fsp3) is 0.769. The number of likely N-dealkylation sites (N-methyl/N-ethyl adjacent to an activating group) is 1. The third-order valence-corrected chi connectivity index (χ3v) is 3.37. The number of carboxylic acid groups (broad SMARTS) is 1. The van der Waals surface area contributed by atoms with Crippen molar-refractivity contribution in [2.75, 3.05) is 33.2 Å². The van der Waals surface area contributed by atoms with Gasteiger partial charge in [-0.3, -0.25) is 19.3 Å². The highest BCUT2D eigenvalue weighted by Gasteiger charge is 2.32. The van der Waals surface area contributed by atoms with Crippen LogP contribution in [-0.2, 0) is 14.4 Å². The minimum atomic E-state index is -0.890. The van der Waals surface area contributed by atoms with E-state index in [2.05, 4.69) is 5.32 Å². The summed E-state index contributed by atoms with van der Waals surface area (Å²) < 4.78 is 0. The van der Waals surface area contributed by atoms with Crippen LogP contribution in [0.3, 0.4) is 0 Å². The van der Waals surface area contributed by atoms with E-state index in [1.807, 2.05) is 6.92 Å². The molecule has 21 heavy (non-hydrogen) atoms. The molecule has 2 N–H and O–H groups in total. The van der Waals surface area contributed by atoms with Crippen molar-refractivity contribution in [2.45, 2.75) is 32.2 Å². The number of nitrogens with zero attached hydrogens (tertiary/aromatic N) is 2. The Labute approximate surface area is 131 Å². The van der Waals surface area contributed by atoms with Crippen molar-refractivity contribution in [2.24, 2.45) is 0 Å². The Morgan fingerprint density at radius 3 is 2.62 bits per heavy atom. The summed E-state index contributed by atoms with van der Waals surface area (Å²) in [5, 5.41) is 11.7. The molecule has 0 aromatic rings. The molecule has 7 nitrogen and oxygen atoms in total. The summed E-state index contributed by atoms with van der Waals surface area (Å²) in [5.41, 5.74) is 0. The van der Waals surface area contributed by atoms with E-state index in [9.17, 15) is 14.4 Å². The lowest BCUT2D eigenvalue weighted by Gasteiger charge is -2.24. The Bertz CT molecular complexity index is 378. The van der Waals surface area contributed by atoms with Crippen LogP contribution in [0.1, 0.15) is 26.2 Å². The molecule has 0 aromatic heterocycles. The molecule has 1 aliphatic heterocycles. The van der Waals surface area contributed by atoms with Gasteiger partial charge in [0.25, 0.3) is 0 Å². The van der Waals surface area contributed by atoms with E-state index in [-0.39, 0.29) is 37.3 Å². The standard InChI is InChI=1S/C13H23N3O4.ClH/c1-3-6-14-11(17)8-15(2)12(18)9-16-7-4-5-10(16)13(19)20;/h10H,3-9H2,1-2H3,(H,14,17)(H,19,20);1H. The summed E-state index contributed by atoms with van der Waals surface area (Å²) in [6, 6.07) is -0.582. The molecule has 8 heteroatoms. The van der Waals surface area contributed by atoms with E-state index in [0.29, 0.717) is 19.5 Å². The Morgan fingerprint density at radius 2 is 2.05 bits per heavy atom. The third-order valence-electron chi connectivity index (χ3n) is 3.37. The van der Waals surface area contributed by atoms with Crippen LogP contribution in [0.25, 0.3) is 0 Å². The monoisotopic (exact) mass is 321 g/mol. The van der Waals surface area contributed by atoms with Gasteiger partial charge in [-0.1, -0.05) is 6.92 Å². The highest BCUT2D eigenvalue weighted by molar-refractivity contribution is 5.86. The van der Waals surface area contributed by atoms with E-state index < -0.39 is 12.0 Å². The third kappa shape index (κ3) is 6.31. The first-order chi connectivity index (χ1) is 9.45. The van der Waals surface area contributed by atoms with Crippen LogP contribution in [0.4, 0.5) is 0 Å². The molecule has 0 spiro atoms. The number of carbonyl (C=O) groups excluding carboxylic acids is 2. The number of aliphatic carboxylic acids is 1. The summed E-state index contributed by atoms with van der Waals surface area (Å²) in [4.78, 5) is 37.5. The van der Waals surface area contributed by atoms with Gasteiger partial charge in [-0.25, -0.2) is 0 Å². The molecule has 1 heterocycles. The van der Waals surface area contributed by atoms with Crippen LogP contribution in [0.2, 0.25) is 0 Å². The predicted octanol–water partition coefficient (Wildman–Crippen LogP) is -0.0582. The quantitative estimate of drug-likeness (QED) is 0.686. The number of hydrogen-bond acceptors (Lipinski definition) is 4. The van der Waals surface area contributed by atoms with Crippen LogP contribution in [0.5, 0.6) is 0 Å². The van der Waals surface area contributed by atoms with E-state index in [4.69, 9.17) is 5.11 Å². The first-order valence-electron chi connectivity index (χ1n) is 6.93. The molecule has 1 rings (SSSR count). The van der Waals surface area contributed by atoms with Gasteiger partial charge in [-0.15, -0.1) is 12.4 Å². The lowest BCUT2D eigenvalue weighted by molar-refractivity contribution is -0.144.